The Hall–Kier alpha value is -1.00. The third-order valence-electron chi connectivity index (χ3n) is 2.82. The quantitative estimate of drug-likeness (QED) is 0.821. The van der Waals surface area contributed by atoms with E-state index in [0.29, 0.717) is 0 Å². The van der Waals surface area contributed by atoms with Crippen molar-refractivity contribution in [1.82, 2.24) is 15.2 Å². The molecule has 1 aromatic rings. The zero-order chi connectivity index (χ0) is 11.6. The number of hydrogen-bond acceptors (Lipinski definition) is 3. The van der Waals surface area contributed by atoms with Gasteiger partial charge in [0.2, 0.25) is 0 Å². The summed E-state index contributed by atoms with van der Waals surface area (Å²) in [6.07, 6.45) is 2.98. The minimum atomic E-state index is -0.258. The lowest BCUT2D eigenvalue weighted by atomic mass is 10.0. The normalized spacial score (nSPS) is 20.9. The summed E-state index contributed by atoms with van der Waals surface area (Å²) in [7, 11) is 0. The maximum absolute atomic E-state index is 13.0. The average Bonchev–Trinajstić information content (AvgIpc) is 2.15. The molecule has 1 aliphatic rings. The number of halogens is 1. The van der Waals surface area contributed by atoms with Gasteiger partial charge in [0.25, 0.3) is 0 Å². The van der Waals surface area contributed by atoms with E-state index in [-0.39, 0.29) is 11.4 Å². The minimum Gasteiger partial charge on any atom is -0.309 e. The molecule has 3 nitrogen and oxygen atoms in total. The Morgan fingerprint density at radius 2 is 2.31 bits per heavy atom. The number of pyridine rings is 1. The van der Waals surface area contributed by atoms with Crippen LogP contribution in [0.3, 0.4) is 0 Å². The van der Waals surface area contributed by atoms with E-state index in [4.69, 9.17) is 0 Å². The van der Waals surface area contributed by atoms with E-state index in [1.54, 1.807) is 12.3 Å². The molecule has 0 saturated carbocycles. The van der Waals surface area contributed by atoms with Gasteiger partial charge in [0.15, 0.2) is 0 Å². The number of hydrogen-bond donors (Lipinski definition) is 1. The molecule has 1 aliphatic heterocycles. The van der Waals surface area contributed by atoms with E-state index in [2.05, 4.69) is 29.0 Å². The molecule has 1 saturated heterocycles. The van der Waals surface area contributed by atoms with Gasteiger partial charge in [-0.2, -0.15) is 0 Å². The van der Waals surface area contributed by atoms with Crippen molar-refractivity contribution < 1.29 is 4.39 Å². The first-order valence-corrected chi connectivity index (χ1v) is 5.62. The molecule has 1 N–H and O–H groups in total. The fourth-order valence-electron chi connectivity index (χ4n) is 2.18. The summed E-state index contributed by atoms with van der Waals surface area (Å²) in [5, 5.41) is 3.45. The number of nitrogens with zero attached hydrogens (tertiary/aromatic N) is 2. The smallest absolute Gasteiger partial charge is 0.141 e. The van der Waals surface area contributed by atoms with Crippen LogP contribution in [0, 0.1) is 5.82 Å². The van der Waals surface area contributed by atoms with E-state index in [1.165, 1.54) is 6.20 Å². The van der Waals surface area contributed by atoms with Crippen molar-refractivity contribution in [3.05, 3.63) is 29.8 Å². The van der Waals surface area contributed by atoms with Gasteiger partial charge in [-0.1, -0.05) is 0 Å². The van der Waals surface area contributed by atoms with E-state index in [9.17, 15) is 4.39 Å². The van der Waals surface area contributed by atoms with Crippen molar-refractivity contribution in [2.75, 3.05) is 19.6 Å². The van der Waals surface area contributed by atoms with Crippen LogP contribution in [-0.2, 0) is 6.54 Å². The SMILES string of the molecule is CC1(C)CN(Cc2cncc(F)c2)CCN1. The zero-order valence-corrected chi connectivity index (χ0v) is 9.83. The lowest BCUT2D eigenvalue weighted by Gasteiger charge is -2.39. The van der Waals surface area contributed by atoms with Crippen molar-refractivity contribution in [3.63, 3.8) is 0 Å². The van der Waals surface area contributed by atoms with Crippen molar-refractivity contribution >= 4 is 0 Å². The summed E-state index contributed by atoms with van der Waals surface area (Å²) in [5.41, 5.74) is 1.08. The summed E-state index contributed by atoms with van der Waals surface area (Å²) in [6.45, 7) is 8.10. The summed E-state index contributed by atoms with van der Waals surface area (Å²) >= 11 is 0. The second-order valence-electron chi connectivity index (χ2n) is 5.03. The van der Waals surface area contributed by atoms with Crippen LogP contribution in [0.2, 0.25) is 0 Å². The van der Waals surface area contributed by atoms with Crippen LogP contribution in [0.15, 0.2) is 18.5 Å². The minimum absolute atomic E-state index is 0.138. The topological polar surface area (TPSA) is 28.2 Å². The van der Waals surface area contributed by atoms with E-state index >= 15 is 0 Å². The Morgan fingerprint density at radius 1 is 1.50 bits per heavy atom. The van der Waals surface area contributed by atoms with Crippen LogP contribution in [0.25, 0.3) is 0 Å². The largest absolute Gasteiger partial charge is 0.309 e. The Balaban J connectivity index is 1.99. The molecular formula is C12H18FN3. The van der Waals surface area contributed by atoms with Gasteiger partial charge < -0.3 is 5.32 Å². The monoisotopic (exact) mass is 223 g/mol. The maximum atomic E-state index is 13.0. The summed E-state index contributed by atoms with van der Waals surface area (Å²) in [6, 6.07) is 1.56. The van der Waals surface area contributed by atoms with Gasteiger partial charge in [0.1, 0.15) is 5.82 Å². The Morgan fingerprint density at radius 3 is 3.00 bits per heavy atom. The molecule has 0 amide bonds. The molecule has 2 heterocycles. The predicted molar refractivity (Wildman–Crippen MR) is 61.6 cm³/mol. The van der Waals surface area contributed by atoms with Gasteiger partial charge in [0.05, 0.1) is 6.20 Å². The van der Waals surface area contributed by atoms with Crippen LogP contribution in [0.5, 0.6) is 0 Å². The molecule has 0 spiro atoms. The van der Waals surface area contributed by atoms with Crippen LogP contribution in [-0.4, -0.2) is 35.1 Å². The first kappa shape index (κ1) is 11.5. The lowest BCUT2D eigenvalue weighted by Crippen LogP contribution is -2.56. The van der Waals surface area contributed by atoms with Gasteiger partial charge in [-0.05, 0) is 25.5 Å². The zero-order valence-electron chi connectivity index (χ0n) is 9.83. The summed E-state index contributed by atoms with van der Waals surface area (Å²) in [4.78, 5) is 6.20. The van der Waals surface area contributed by atoms with E-state index in [0.717, 1.165) is 31.7 Å². The summed E-state index contributed by atoms with van der Waals surface area (Å²) < 4.78 is 13.0. The molecule has 4 heteroatoms. The van der Waals surface area contributed by atoms with Crippen molar-refractivity contribution in [3.8, 4) is 0 Å². The Kier molecular flexibility index (Phi) is 3.21. The Labute approximate surface area is 95.7 Å². The van der Waals surface area contributed by atoms with Crippen molar-refractivity contribution in [2.24, 2.45) is 0 Å². The molecule has 0 radical (unpaired) electrons. The van der Waals surface area contributed by atoms with Crippen molar-refractivity contribution in [2.45, 2.75) is 25.9 Å². The molecule has 0 aromatic carbocycles. The van der Waals surface area contributed by atoms with Crippen LogP contribution in [0.4, 0.5) is 4.39 Å². The number of rotatable bonds is 2. The van der Waals surface area contributed by atoms with Crippen LogP contribution >= 0.6 is 0 Å². The van der Waals surface area contributed by atoms with Gasteiger partial charge in [-0.3, -0.25) is 9.88 Å². The van der Waals surface area contributed by atoms with Gasteiger partial charge in [0, 0.05) is 37.9 Å². The molecule has 1 aromatic heterocycles. The maximum Gasteiger partial charge on any atom is 0.141 e. The molecular weight excluding hydrogens is 205 g/mol. The fraction of sp³-hybridized carbons (Fsp3) is 0.583. The lowest BCUT2D eigenvalue weighted by molar-refractivity contribution is 0.148. The molecule has 0 bridgehead atoms. The van der Waals surface area contributed by atoms with Crippen LogP contribution < -0.4 is 5.32 Å². The number of aromatic nitrogens is 1. The molecule has 88 valence electrons. The van der Waals surface area contributed by atoms with Crippen LogP contribution in [0.1, 0.15) is 19.4 Å². The average molecular weight is 223 g/mol. The molecule has 2 rings (SSSR count). The highest BCUT2D eigenvalue weighted by atomic mass is 19.1. The second kappa shape index (κ2) is 4.47. The first-order chi connectivity index (χ1) is 7.55. The highest BCUT2D eigenvalue weighted by Crippen LogP contribution is 2.13. The molecule has 0 atom stereocenters. The van der Waals surface area contributed by atoms with Gasteiger partial charge in [-0.15, -0.1) is 0 Å². The highest BCUT2D eigenvalue weighted by molar-refractivity contribution is 5.10. The summed E-state index contributed by atoms with van der Waals surface area (Å²) in [5.74, 6) is -0.258. The van der Waals surface area contributed by atoms with E-state index < -0.39 is 0 Å². The highest BCUT2D eigenvalue weighted by Gasteiger charge is 2.25. The van der Waals surface area contributed by atoms with E-state index in [1.807, 2.05) is 0 Å². The molecule has 0 unspecified atom stereocenters. The molecule has 16 heavy (non-hydrogen) atoms. The third kappa shape index (κ3) is 3.00. The third-order valence-corrected chi connectivity index (χ3v) is 2.82. The number of nitrogens with one attached hydrogen (secondary N) is 1. The fourth-order valence-corrected chi connectivity index (χ4v) is 2.18. The first-order valence-electron chi connectivity index (χ1n) is 5.62. The number of piperazine rings is 1. The second-order valence-corrected chi connectivity index (χ2v) is 5.03. The van der Waals surface area contributed by atoms with Crippen molar-refractivity contribution in [1.29, 1.82) is 0 Å². The van der Waals surface area contributed by atoms with Gasteiger partial charge >= 0.3 is 0 Å². The molecule has 1 fully saturated rings. The van der Waals surface area contributed by atoms with Gasteiger partial charge in [-0.25, -0.2) is 4.39 Å². The Bertz CT molecular complexity index is 365. The standard InChI is InChI=1S/C12H18FN3/c1-12(2)9-16(4-3-15-12)8-10-5-11(13)7-14-6-10/h5-7,15H,3-4,8-9H2,1-2H3. The molecule has 0 aliphatic carbocycles. The predicted octanol–water partition coefficient (Wildman–Crippen LogP) is 1.40.